The number of pyridine rings is 1. The van der Waals surface area contributed by atoms with Gasteiger partial charge in [0.25, 0.3) is 5.91 Å². The zero-order chi connectivity index (χ0) is 17.0. The van der Waals surface area contributed by atoms with E-state index in [-0.39, 0.29) is 11.9 Å². The Morgan fingerprint density at radius 2 is 2.00 bits per heavy atom. The lowest BCUT2D eigenvalue weighted by Crippen LogP contribution is -2.54. The highest BCUT2D eigenvalue weighted by Crippen LogP contribution is 2.30. The van der Waals surface area contributed by atoms with E-state index < -0.39 is 0 Å². The van der Waals surface area contributed by atoms with Crippen LogP contribution in [0.5, 0.6) is 0 Å². The Kier molecular flexibility index (Phi) is 3.60. The predicted molar refractivity (Wildman–Crippen MR) is 93.1 cm³/mol. The lowest BCUT2D eigenvalue weighted by Gasteiger charge is -2.40. The van der Waals surface area contributed by atoms with E-state index in [4.69, 9.17) is 0 Å². The van der Waals surface area contributed by atoms with E-state index >= 15 is 0 Å². The fourth-order valence-corrected chi connectivity index (χ4v) is 3.95. The van der Waals surface area contributed by atoms with Crippen molar-refractivity contribution in [3.8, 4) is 0 Å². The van der Waals surface area contributed by atoms with Crippen LogP contribution < -0.4 is 0 Å². The van der Waals surface area contributed by atoms with Crippen LogP contribution in [0.2, 0.25) is 0 Å². The van der Waals surface area contributed by atoms with Crippen LogP contribution in [0.1, 0.15) is 41.5 Å². The third-order valence-electron chi connectivity index (χ3n) is 5.31. The standard InChI is InChI=1S/C18H25N5O/c1-11-9-15(16-13(3)20-21(4)17(16)19-11)18(24)23-8-7-22(10-12(23)2)14-5-6-14/h9,12,14H,5-8,10H2,1-4H3. The Labute approximate surface area is 142 Å². The molecule has 0 N–H and O–H groups in total. The molecular formula is C18H25N5O. The third kappa shape index (κ3) is 2.49. The van der Waals surface area contributed by atoms with Gasteiger partial charge in [0, 0.05) is 44.5 Å². The maximum Gasteiger partial charge on any atom is 0.255 e. The summed E-state index contributed by atoms with van der Waals surface area (Å²) in [5, 5.41) is 5.35. The summed E-state index contributed by atoms with van der Waals surface area (Å²) in [5.41, 5.74) is 3.26. The second-order valence-electron chi connectivity index (χ2n) is 7.29. The molecule has 0 radical (unpaired) electrons. The van der Waals surface area contributed by atoms with Crippen LogP contribution in [0.3, 0.4) is 0 Å². The van der Waals surface area contributed by atoms with Gasteiger partial charge in [-0.3, -0.25) is 14.4 Å². The van der Waals surface area contributed by atoms with Gasteiger partial charge in [-0.1, -0.05) is 0 Å². The largest absolute Gasteiger partial charge is 0.333 e. The number of carbonyl (C=O) groups excluding carboxylic acids is 1. The minimum atomic E-state index is 0.115. The Morgan fingerprint density at radius 1 is 1.25 bits per heavy atom. The van der Waals surface area contributed by atoms with Crippen LogP contribution in [0, 0.1) is 13.8 Å². The summed E-state index contributed by atoms with van der Waals surface area (Å²) >= 11 is 0. The van der Waals surface area contributed by atoms with Gasteiger partial charge in [0.05, 0.1) is 16.6 Å². The molecule has 4 rings (SSSR count). The molecule has 128 valence electrons. The molecule has 2 fully saturated rings. The number of rotatable bonds is 2. The number of hydrogen-bond donors (Lipinski definition) is 0. The van der Waals surface area contributed by atoms with Gasteiger partial charge in [-0.25, -0.2) is 4.98 Å². The van der Waals surface area contributed by atoms with Crippen molar-refractivity contribution in [1.82, 2.24) is 24.6 Å². The van der Waals surface area contributed by atoms with E-state index in [0.717, 1.165) is 53.7 Å². The van der Waals surface area contributed by atoms with E-state index in [1.54, 1.807) is 4.68 Å². The van der Waals surface area contributed by atoms with Gasteiger partial charge < -0.3 is 4.90 Å². The molecule has 6 heteroatoms. The van der Waals surface area contributed by atoms with Gasteiger partial charge in [0.2, 0.25) is 0 Å². The molecule has 6 nitrogen and oxygen atoms in total. The van der Waals surface area contributed by atoms with Crippen molar-refractivity contribution in [3.63, 3.8) is 0 Å². The molecule has 24 heavy (non-hydrogen) atoms. The van der Waals surface area contributed by atoms with Crippen molar-refractivity contribution >= 4 is 16.9 Å². The summed E-state index contributed by atoms with van der Waals surface area (Å²) in [6.07, 6.45) is 2.64. The van der Waals surface area contributed by atoms with Crippen LogP contribution in [-0.4, -0.2) is 62.2 Å². The molecule has 3 heterocycles. The Balaban J connectivity index is 1.68. The molecule has 0 bridgehead atoms. The molecule has 1 unspecified atom stereocenters. The molecule has 1 saturated carbocycles. The Morgan fingerprint density at radius 3 is 2.67 bits per heavy atom. The summed E-state index contributed by atoms with van der Waals surface area (Å²) in [4.78, 5) is 22.4. The van der Waals surface area contributed by atoms with Gasteiger partial charge in [0.15, 0.2) is 5.65 Å². The predicted octanol–water partition coefficient (Wildman–Crippen LogP) is 1.89. The zero-order valence-electron chi connectivity index (χ0n) is 14.9. The molecule has 0 aromatic carbocycles. The van der Waals surface area contributed by atoms with Crippen LogP contribution in [0.25, 0.3) is 11.0 Å². The highest BCUT2D eigenvalue weighted by Gasteiger charge is 2.36. The van der Waals surface area contributed by atoms with Crippen molar-refractivity contribution in [1.29, 1.82) is 0 Å². The number of hydrogen-bond acceptors (Lipinski definition) is 4. The summed E-state index contributed by atoms with van der Waals surface area (Å²) < 4.78 is 1.77. The SMILES string of the molecule is Cc1cc(C(=O)N2CCN(C3CC3)CC2C)c2c(C)nn(C)c2n1. The topological polar surface area (TPSA) is 54.3 Å². The smallest absolute Gasteiger partial charge is 0.255 e. The van der Waals surface area contributed by atoms with Gasteiger partial charge >= 0.3 is 0 Å². The van der Waals surface area contributed by atoms with Gasteiger partial charge in [-0.15, -0.1) is 0 Å². The first-order valence-electron chi connectivity index (χ1n) is 8.81. The molecule has 2 aromatic rings. The second-order valence-corrected chi connectivity index (χ2v) is 7.29. The summed E-state index contributed by atoms with van der Waals surface area (Å²) in [5.74, 6) is 0.115. The van der Waals surface area contributed by atoms with E-state index in [9.17, 15) is 4.79 Å². The molecule has 1 aliphatic carbocycles. The van der Waals surface area contributed by atoms with Gasteiger partial charge in [-0.05, 0) is 39.7 Å². The molecule has 0 spiro atoms. The van der Waals surface area contributed by atoms with Crippen LogP contribution in [0.15, 0.2) is 6.07 Å². The fraction of sp³-hybridized carbons (Fsp3) is 0.611. The average Bonchev–Trinajstić information content (AvgIpc) is 3.34. The van der Waals surface area contributed by atoms with Crippen molar-refractivity contribution in [3.05, 3.63) is 23.0 Å². The van der Waals surface area contributed by atoms with Gasteiger partial charge in [-0.2, -0.15) is 5.10 Å². The Hall–Kier alpha value is -1.95. The first kappa shape index (κ1) is 15.6. The summed E-state index contributed by atoms with van der Waals surface area (Å²) in [6.45, 7) is 8.82. The van der Waals surface area contributed by atoms with Crippen molar-refractivity contribution in [2.45, 2.75) is 45.7 Å². The minimum Gasteiger partial charge on any atom is -0.333 e. The number of piperazine rings is 1. The first-order chi connectivity index (χ1) is 11.5. The summed E-state index contributed by atoms with van der Waals surface area (Å²) in [7, 11) is 1.88. The Bertz CT molecular complexity index is 807. The number of nitrogens with zero attached hydrogens (tertiary/aromatic N) is 5. The maximum absolute atomic E-state index is 13.3. The van der Waals surface area contributed by atoms with E-state index in [1.165, 1.54) is 12.8 Å². The molecule has 1 atom stereocenters. The molecule has 1 aliphatic heterocycles. The van der Waals surface area contributed by atoms with Crippen molar-refractivity contribution in [2.24, 2.45) is 7.05 Å². The van der Waals surface area contributed by atoms with Crippen LogP contribution in [0.4, 0.5) is 0 Å². The number of fused-ring (bicyclic) bond motifs is 1. The lowest BCUT2D eigenvalue weighted by molar-refractivity contribution is 0.0475. The number of amides is 1. The third-order valence-corrected chi connectivity index (χ3v) is 5.31. The maximum atomic E-state index is 13.3. The molecule has 2 aromatic heterocycles. The average molecular weight is 327 g/mol. The van der Waals surface area contributed by atoms with Gasteiger partial charge in [0.1, 0.15) is 0 Å². The molecule has 1 saturated heterocycles. The number of aromatic nitrogens is 3. The monoisotopic (exact) mass is 327 g/mol. The quantitative estimate of drug-likeness (QED) is 0.845. The number of carbonyl (C=O) groups is 1. The fourth-order valence-electron chi connectivity index (χ4n) is 3.95. The first-order valence-corrected chi connectivity index (χ1v) is 8.81. The van der Waals surface area contributed by atoms with E-state index in [1.807, 2.05) is 31.9 Å². The highest BCUT2D eigenvalue weighted by molar-refractivity contribution is 6.06. The van der Waals surface area contributed by atoms with Crippen LogP contribution in [-0.2, 0) is 7.05 Å². The summed E-state index contributed by atoms with van der Waals surface area (Å²) in [6, 6.07) is 2.92. The molecule has 1 amide bonds. The highest BCUT2D eigenvalue weighted by atomic mass is 16.2. The normalized spacial score (nSPS) is 22.3. The van der Waals surface area contributed by atoms with Crippen molar-refractivity contribution < 1.29 is 4.79 Å². The molecule has 2 aliphatic rings. The van der Waals surface area contributed by atoms with E-state index in [2.05, 4.69) is 21.9 Å². The molecular weight excluding hydrogens is 302 g/mol. The van der Waals surface area contributed by atoms with Crippen molar-refractivity contribution in [2.75, 3.05) is 19.6 Å². The number of aryl methyl sites for hydroxylation is 3. The van der Waals surface area contributed by atoms with Crippen LogP contribution >= 0.6 is 0 Å². The lowest BCUT2D eigenvalue weighted by atomic mass is 10.1. The zero-order valence-corrected chi connectivity index (χ0v) is 14.9. The minimum absolute atomic E-state index is 0.115. The van der Waals surface area contributed by atoms with E-state index in [0.29, 0.717) is 0 Å². The second kappa shape index (κ2) is 5.55.